The molecule has 0 heterocycles. The first-order valence-electron chi connectivity index (χ1n) is 7.81. The number of hydrogen-bond acceptors (Lipinski definition) is 5. The zero-order chi connectivity index (χ0) is 19.5. The van der Waals surface area contributed by atoms with E-state index < -0.39 is 28.0 Å². The van der Waals surface area contributed by atoms with E-state index in [0.29, 0.717) is 5.56 Å². The number of carbonyl (C=O) groups excluding carboxylic acids is 2. The molecule has 1 atom stereocenters. The Kier molecular flexibility index (Phi) is 5.66. The third-order valence-electron chi connectivity index (χ3n) is 3.71. The lowest BCUT2D eigenvalue weighted by Gasteiger charge is -2.15. The Bertz CT molecular complexity index is 954. The fourth-order valence-electron chi connectivity index (χ4n) is 2.23. The fourth-order valence-corrected chi connectivity index (χ4v) is 3.64. The smallest absolute Gasteiger partial charge is 0.341 e. The molecule has 0 aromatic heterocycles. The number of ether oxygens (including phenoxy) is 1. The van der Waals surface area contributed by atoms with Crippen LogP contribution in [0.2, 0.25) is 0 Å². The van der Waals surface area contributed by atoms with Crippen molar-refractivity contribution in [2.75, 3.05) is 4.72 Å². The van der Waals surface area contributed by atoms with E-state index in [0.717, 1.165) is 5.56 Å². The van der Waals surface area contributed by atoms with Crippen molar-refractivity contribution < 1.29 is 22.7 Å². The van der Waals surface area contributed by atoms with Crippen molar-refractivity contribution in [3.8, 4) is 0 Å². The van der Waals surface area contributed by atoms with E-state index in [-0.39, 0.29) is 16.1 Å². The summed E-state index contributed by atoms with van der Waals surface area (Å²) < 4.78 is 32.8. The molecule has 0 saturated carbocycles. The summed E-state index contributed by atoms with van der Waals surface area (Å²) in [5.41, 5.74) is 6.48. The number of amides is 1. The maximum absolute atomic E-state index is 12.7. The van der Waals surface area contributed by atoms with E-state index in [9.17, 15) is 18.0 Å². The number of para-hydroxylation sites is 1. The number of carbonyl (C=O) groups is 2. The van der Waals surface area contributed by atoms with Crippen LogP contribution in [0.25, 0.3) is 0 Å². The predicted octanol–water partition coefficient (Wildman–Crippen LogP) is 2.13. The first kappa shape index (κ1) is 19.5. The second-order valence-electron chi connectivity index (χ2n) is 5.87. The van der Waals surface area contributed by atoms with Gasteiger partial charge in [0.25, 0.3) is 15.9 Å². The van der Waals surface area contributed by atoms with Crippen molar-refractivity contribution in [1.29, 1.82) is 0 Å². The number of esters is 1. The van der Waals surface area contributed by atoms with Crippen molar-refractivity contribution in [3.63, 3.8) is 0 Å². The van der Waals surface area contributed by atoms with Crippen LogP contribution < -0.4 is 10.5 Å². The number of rotatable bonds is 6. The van der Waals surface area contributed by atoms with Gasteiger partial charge in [0.05, 0.1) is 16.1 Å². The van der Waals surface area contributed by atoms with Gasteiger partial charge in [-0.1, -0.05) is 24.3 Å². The minimum Gasteiger partial charge on any atom is -0.449 e. The molecule has 0 radical (unpaired) electrons. The van der Waals surface area contributed by atoms with Crippen LogP contribution in [0.1, 0.15) is 28.4 Å². The van der Waals surface area contributed by atoms with Crippen molar-refractivity contribution in [1.82, 2.24) is 0 Å². The van der Waals surface area contributed by atoms with E-state index in [4.69, 9.17) is 10.5 Å². The van der Waals surface area contributed by atoms with Crippen LogP contribution in [0, 0.1) is 13.8 Å². The Morgan fingerprint density at radius 3 is 2.42 bits per heavy atom. The molecule has 0 aliphatic carbocycles. The maximum Gasteiger partial charge on any atom is 0.341 e. The molecular weight excluding hydrogens is 356 g/mol. The Hall–Kier alpha value is -2.87. The van der Waals surface area contributed by atoms with Crippen LogP contribution >= 0.6 is 0 Å². The highest BCUT2D eigenvalue weighted by molar-refractivity contribution is 7.92. The summed E-state index contributed by atoms with van der Waals surface area (Å²) >= 11 is 0. The molecule has 2 rings (SSSR count). The normalized spacial score (nSPS) is 12.3. The van der Waals surface area contributed by atoms with Gasteiger partial charge in [0.1, 0.15) is 0 Å². The first-order chi connectivity index (χ1) is 12.1. The van der Waals surface area contributed by atoms with Crippen LogP contribution in [0.15, 0.2) is 47.4 Å². The lowest BCUT2D eigenvalue weighted by Crippen LogP contribution is -2.30. The Balaban J connectivity index is 2.37. The quantitative estimate of drug-likeness (QED) is 0.749. The SMILES string of the molecule is Cc1ccc(C)c(S(=O)(=O)Nc2ccccc2C(=O)O[C@H](C)C(N)=O)c1. The van der Waals surface area contributed by atoms with Gasteiger partial charge in [-0.2, -0.15) is 0 Å². The molecule has 2 aromatic rings. The molecule has 26 heavy (non-hydrogen) atoms. The lowest BCUT2D eigenvalue weighted by molar-refractivity contribution is -0.125. The summed E-state index contributed by atoms with van der Waals surface area (Å²) in [5, 5.41) is 0. The zero-order valence-electron chi connectivity index (χ0n) is 14.6. The second-order valence-corrected chi connectivity index (χ2v) is 7.52. The predicted molar refractivity (Wildman–Crippen MR) is 97.2 cm³/mol. The summed E-state index contributed by atoms with van der Waals surface area (Å²) in [4.78, 5) is 23.4. The Labute approximate surface area is 152 Å². The van der Waals surface area contributed by atoms with Crippen molar-refractivity contribution in [3.05, 3.63) is 59.2 Å². The maximum atomic E-state index is 12.7. The average molecular weight is 376 g/mol. The van der Waals surface area contributed by atoms with Crippen molar-refractivity contribution in [2.45, 2.75) is 31.8 Å². The Morgan fingerprint density at radius 2 is 1.77 bits per heavy atom. The van der Waals surface area contributed by atoms with E-state index in [1.807, 2.05) is 6.07 Å². The Morgan fingerprint density at radius 1 is 1.12 bits per heavy atom. The molecule has 7 nitrogen and oxygen atoms in total. The number of anilines is 1. The summed E-state index contributed by atoms with van der Waals surface area (Å²) in [6.45, 7) is 4.81. The van der Waals surface area contributed by atoms with E-state index in [1.54, 1.807) is 38.1 Å². The summed E-state index contributed by atoms with van der Waals surface area (Å²) in [7, 11) is -3.92. The number of benzene rings is 2. The van der Waals surface area contributed by atoms with Gasteiger partial charge < -0.3 is 10.5 Å². The number of nitrogens with two attached hydrogens (primary N) is 1. The molecule has 0 fully saturated rings. The van der Waals surface area contributed by atoms with Crippen LogP contribution in [0.5, 0.6) is 0 Å². The van der Waals surface area contributed by atoms with Gasteiger partial charge in [0.15, 0.2) is 6.10 Å². The van der Waals surface area contributed by atoms with Gasteiger partial charge in [-0.15, -0.1) is 0 Å². The highest BCUT2D eigenvalue weighted by atomic mass is 32.2. The minimum absolute atomic E-state index is 0.0190. The van der Waals surface area contributed by atoms with Crippen LogP contribution in [-0.2, 0) is 19.6 Å². The monoisotopic (exact) mass is 376 g/mol. The molecule has 138 valence electrons. The standard InChI is InChI=1S/C18H20N2O5S/c1-11-8-9-12(2)16(10-11)26(23,24)20-15-7-5-4-6-14(15)18(22)25-13(3)17(19)21/h4-10,13,20H,1-3H3,(H2,19,21)/t13-/m1/s1. The molecule has 2 aromatic carbocycles. The van der Waals surface area contributed by atoms with Gasteiger partial charge in [-0.25, -0.2) is 13.2 Å². The van der Waals surface area contributed by atoms with Crippen molar-refractivity contribution in [2.24, 2.45) is 5.73 Å². The minimum atomic E-state index is -3.92. The molecule has 0 spiro atoms. The zero-order valence-corrected chi connectivity index (χ0v) is 15.5. The van der Waals surface area contributed by atoms with Gasteiger partial charge in [0, 0.05) is 0 Å². The topological polar surface area (TPSA) is 116 Å². The molecule has 8 heteroatoms. The third kappa shape index (κ3) is 4.40. The molecule has 0 aliphatic rings. The summed E-state index contributed by atoms with van der Waals surface area (Å²) in [6, 6.07) is 11.0. The number of nitrogens with one attached hydrogen (secondary N) is 1. The number of primary amides is 1. The van der Waals surface area contributed by atoms with E-state index >= 15 is 0 Å². The number of hydrogen-bond donors (Lipinski definition) is 2. The largest absolute Gasteiger partial charge is 0.449 e. The number of sulfonamides is 1. The molecule has 0 aliphatic heterocycles. The highest BCUT2D eigenvalue weighted by Crippen LogP contribution is 2.23. The van der Waals surface area contributed by atoms with Gasteiger partial charge >= 0.3 is 5.97 Å². The third-order valence-corrected chi connectivity index (χ3v) is 5.22. The van der Waals surface area contributed by atoms with Crippen molar-refractivity contribution >= 4 is 27.6 Å². The van der Waals surface area contributed by atoms with Gasteiger partial charge in [0.2, 0.25) is 0 Å². The molecular formula is C18H20N2O5S. The van der Waals surface area contributed by atoms with Crippen LogP contribution in [0.3, 0.4) is 0 Å². The second kappa shape index (κ2) is 7.57. The molecule has 1 amide bonds. The number of aryl methyl sites for hydroxylation is 2. The molecule has 0 saturated heterocycles. The van der Waals surface area contributed by atoms with Crippen LogP contribution in [0.4, 0.5) is 5.69 Å². The fraction of sp³-hybridized carbons (Fsp3) is 0.222. The van der Waals surface area contributed by atoms with Gasteiger partial charge in [-0.3, -0.25) is 9.52 Å². The highest BCUT2D eigenvalue weighted by Gasteiger charge is 2.23. The molecule has 0 bridgehead atoms. The lowest BCUT2D eigenvalue weighted by atomic mass is 10.2. The van der Waals surface area contributed by atoms with Gasteiger partial charge in [-0.05, 0) is 50.1 Å². The summed E-state index contributed by atoms with van der Waals surface area (Å²) in [5.74, 6) is -1.65. The van der Waals surface area contributed by atoms with Crippen LogP contribution in [-0.4, -0.2) is 26.4 Å². The first-order valence-corrected chi connectivity index (χ1v) is 9.29. The average Bonchev–Trinajstić information content (AvgIpc) is 2.56. The summed E-state index contributed by atoms with van der Waals surface area (Å²) in [6.07, 6.45) is -1.13. The molecule has 0 unspecified atom stereocenters. The van der Waals surface area contributed by atoms with E-state index in [2.05, 4.69) is 4.72 Å². The molecule has 3 N–H and O–H groups in total. The van der Waals surface area contributed by atoms with E-state index in [1.165, 1.54) is 19.1 Å².